The van der Waals surface area contributed by atoms with Crippen LogP contribution in [0.5, 0.6) is 0 Å². The molecule has 1 fully saturated rings. The van der Waals surface area contributed by atoms with E-state index >= 15 is 4.39 Å². The van der Waals surface area contributed by atoms with Crippen LogP contribution in [0.2, 0.25) is 0 Å². The van der Waals surface area contributed by atoms with Crippen LogP contribution in [0.3, 0.4) is 0 Å². The Hall–Kier alpha value is -3.07. The molecule has 2 aromatic carbocycles. The molecule has 0 aromatic heterocycles. The van der Waals surface area contributed by atoms with Crippen LogP contribution in [0, 0.1) is 23.6 Å². The van der Waals surface area contributed by atoms with E-state index in [1.54, 1.807) is 38.1 Å². The van der Waals surface area contributed by atoms with E-state index in [9.17, 15) is 8.78 Å². The SMILES string of the molecule is C=C(CC)/C(F)=C(F)\C(=C/C)c1ccc(-c2ccc(C3=CCC(C4CCC(CC/C=C/C)CC4)CC3)c(F)c2)cc1. The molecule has 1 saturated carbocycles. The highest BCUT2D eigenvalue weighted by Crippen LogP contribution is 2.42. The molecule has 2 aliphatic carbocycles. The summed E-state index contributed by atoms with van der Waals surface area (Å²) < 4.78 is 44.5. The predicted molar refractivity (Wildman–Crippen MR) is 169 cm³/mol. The highest BCUT2D eigenvalue weighted by molar-refractivity contribution is 5.80. The monoisotopic (exact) mass is 558 g/mol. The molecule has 218 valence electrons. The van der Waals surface area contributed by atoms with Gasteiger partial charge in [-0.25, -0.2) is 13.2 Å². The first kappa shape index (κ1) is 30.9. The van der Waals surface area contributed by atoms with Crippen molar-refractivity contribution in [2.45, 2.75) is 85.0 Å². The molecule has 3 heteroatoms. The number of benzene rings is 2. The van der Waals surface area contributed by atoms with Gasteiger partial charge < -0.3 is 0 Å². The highest BCUT2D eigenvalue weighted by atomic mass is 19.2. The first-order valence-electron chi connectivity index (χ1n) is 15.5. The number of allylic oxidation sites excluding steroid dienone is 9. The first-order chi connectivity index (χ1) is 19.9. The van der Waals surface area contributed by atoms with Crippen molar-refractivity contribution in [3.8, 4) is 11.1 Å². The Kier molecular flexibility index (Phi) is 11.1. The van der Waals surface area contributed by atoms with E-state index in [1.807, 2.05) is 24.3 Å². The van der Waals surface area contributed by atoms with Gasteiger partial charge in [0.15, 0.2) is 11.7 Å². The average Bonchev–Trinajstić information content (AvgIpc) is 3.01. The maximum absolute atomic E-state index is 15.3. The van der Waals surface area contributed by atoms with Crippen molar-refractivity contribution in [2.75, 3.05) is 0 Å². The van der Waals surface area contributed by atoms with Gasteiger partial charge in [-0.05, 0) is 117 Å². The van der Waals surface area contributed by atoms with Gasteiger partial charge in [-0.3, -0.25) is 0 Å². The number of hydrogen-bond donors (Lipinski definition) is 0. The van der Waals surface area contributed by atoms with Gasteiger partial charge in [0.2, 0.25) is 0 Å². The van der Waals surface area contributed by atoms with Crippen LogP contribution in [0.25, 0.3) is 22.3 Å². The van der Waals surface area contributed by atoms with Gasteiger partial charge in [0.05, 0.1) is 0 Å². The van der Waals surface area contributed by atoms with Crippen LogP contribution in [-0.2, 0) is 0 Å². The molecule has 0 saturated heterocycles. The standard InChI is InChI=1S/C38H45F3/c1-5-8-9-10-27-11-13-28(14-12-27)29-15-21-32(22-16-29)35-24-23-33(25-36(35)39)30-17-19-31(20-18-30)34(7-3)38(41)37(40)26(4)6-2/h5,7-8,17-21,23-25,27-29H,4,6,9-16,22H2,1-3H3/b8-5+,34-7-,38-37-. The van der Waals surface area contributed by atoms with E-state index in [1.165, 1.54) is 38.5 Å². The van der Waals surface area contributed by atoms with Crippen molar-refractivity contribution in [3.63, 3.8) is 0 Å². The molecule has 1 atom stereocenters. The zero-order chi connectivity index (χ0) is 29.4. The summed E-state index contributed by atoms with van der Waals surface area (Å²) in [5.41, 5.74) is 4.30. The molecule has 0 nitrogen and oxygen atoms in total. The quantitative estimate of drug-likeness (QED) is 0.201. The van der Waals surface area contributed by atoms with Gasteiger partial charge in [0.25, 0.3) is 0 Å². The fraction of sp³-hybridized carbons (Fsp3) is 0.421. The van der Waals surface area contributed by atoms with E-state index < -0.39 is 11.7 Å². The van der Waals surface area contributed by atoms with Crippen molar-refractivity contribution >= 4 is 11.1 Å². The summed E-state index contributed by atoms with van der Waals surface area (Å²) in [7, 11) is 0. The summed E-state index contributed by atoms with van der Waals surface area (Å²) in [6.07, 6.45) is 19.7. The van der Waals surface area contributed by atoms with Gasteiger partial charge in [-0.2, -0.15) is 0 Å². The summed E-state index contributed by atoms with van der Waals surface area (Å²) in [5, 5.41) is 0. The Balaban J connectivity index is 1.39. The molecule has 1 unspecified atom stereocenters. The van der Waals surface area contributed by atoms with Gasteiger partial charge in [-0.15, -0.1) is 0 Å². The van der Waals surface area contributed by atoms with Gasteiger partial charge >= 0.3 is 0 Å². The van der Waals surface area contributed by atoms with Gasteiger partial charge in [0, 0.05) is 11.1 Å². The Morgan fingerprint density at radius 3 is 2.20 bits per heavy atom. The summed E-state index contributed by atoms with van der Waals surface area (Å²) in [5.74, 6) is 0.410. The minimum atomic E-state index is -0.909. The van der Waals surface area contributed by atoms with E-state index in [0.29, 0.717) is 17.5 Å². The van der Waals surface area contributed by atoms with Crippen molar-refractivity contribution in [1.82, 2.24) is 0 Å². The molecule has 2 aliphatic rings. The van der Waals surface area contributed by atoms with Crippen LogP contribution in [-0.4, -0.2) is 0 Å². The minimum Gasteiger partial charge on any atom is -0.206 e. The van der Waals surface area contributed by atoms with Crippen molar-refractivity contribution in [3.05, 3.63) is 108 Å². The molecule has 0 bridgehead atoms. The second-order valence-corrected chi connectivity index (χ2v) is 11.8. The fourth-order valence-corrected chi connectivity index (χ4v) is 6.62. The van der Waals surface area contributed by atoms with Crippen molar-refractivity contribution in [1.29, 1.82) is 0 Å². The molecule has 0 aliphatic heterocycles. The number of rotatable bonds is 10. The third-order valence-electron chi connectivity index (χ3n) is 9.29. The summed E-state index contributed by atoms with van der Waals surface area (Å²) in [6.45, 7) is 9.12. The second-order valence-electron chi connectivity index (χ2n) is 11.8. The van der Waals surface area contributed by atoms with E-state index in [2.05, 4.69) is 31.7 Å². The van der Waals surface area contributed by atoms with E-state index in [4.69, 9.17) is 0 Å². The average molecular weight is 559 g/mol. The molecular formula is C38H45F3. The van der Waals surface area contributed by atoms with Crippen LogP contribution in [0.4, 0.5) is 13.2 Å². The van der Waals surface area contributed by atoms with Crippen molar-refractivity contribution in [2.24, 2.45) is 17.8 Å². The second kappa shape index (κ2) is 14.7. The lowest BCUT2D eigenvalue weighted by atomic mass is 9.70. The lowest BCUT2D eigenvalue weighted by molar-refractivity contribution is 0.190. The van der Waals surface area contributed by atoms with Crippen molar-refractivity contribution < 1.29 is 13.2 Å². The van der Waals surface area contributed by atoms with Crippen LogP contribution in [0.15, 0.2) is 90.6 Å². The molecule has 0 radical (unpaired) electrons. The molecule has 41 heavy (non-hydrogen) atoms. The summed E-state index contributed by atoms with van der Waals surface area (Å²) in [6, 6.07) is 12.6. The molecule has 0 spiro atoms. The van der Waals surface area contributed by atoms with E-state index in [-0.39, 0.29) is 17.0 Å². The molecule has 0 amide bonds. The topological polar surface area (TPSA) is 0 Å². The largest absolute Gasteiger partial charge is 0.206 e. The summed E-state index contributed by atoms with van der Waals surface area (Å²) >= 11 is 0. The van der Waals surface area contributed by atoms with Gasteiger partial charge in [0.1, 0.15) is 5.82 Å². The maximum Gasteiger partial charge on any atom is 0.166 e. The zero-order valence-electron chi connectivity index (χ0n) is 25.0. The molecule has 0 heterocycles. The van der Waals surface area contributed by atoms with Gasteiger partial charge in [-0.1, -0.05) is 87.0 Å². The minimum absolute atomic E-state index is 0.135. The predicted octanol–water partition coefficient (Wildman–Crippen LogP) is 12.4. The number of hydrogen-bond acceptors (Lipinski definition) is 0. The fourth-order valence-electron chi connectivity index (χ4n) is 6.62. The van der Waals surface area contributed by atoms with Crippen LogP contribution in [0.1, 0.15) is 96.1 Å². The summed E-state index contributed by atoms with van der Waals surface area (Å²) in [4.78, 5) is 0. The van der Waals surface area contributed by atoms with E-state index in [0.717, 1.165) is 53.7 Å². The Labute approximate surface area is 245 Å². The van der Waals surface area contributed by atoms with Crippen LogP contribution < -0.4 is 0 Å². The molecule has 2 aromatic rings. The third-order valence-corrected chi connectivity index (χ3v) is 9.29. The molecular weight excluding hydrogens is 513 g/mol. The Morgan fingerprint density at radius 1 is 0.902 bits per heavy atom. The molecule has 4 rings (SSSR count). The van der Waals surface area contributed by atoms with Crippen LogP contribution >= 0.6 is 0 Å². The molecule has 0 N–H and O–H groups in total. The number of halogens is 3. The lowest BCUT2D eigenvalue weighted by Crippen LogP contribution is -2.23. The normalized spacial score (nSPS) is 22.4. The third kappa shape index (κ3) is 7.61. The lowest BCUT2D eigenvalue weighted by Gasteiger charge is -2.35. The first-order valence-corrected chi connectivity index (χ1v) is 15.5. The Morgan fingerprint density at radius 2 is 1.61 bits per heavy atom. The zero-order valence-corrected chi connectivity index (χ0v) is 25.0. The maximum atomic E-state index is 15.3. The highest BCUT2D eigenvalue weighted by Gasteiger charge is 2.29. The smallest absolute Gasteiger partial charge is 0.166 e. The Bertz CT molecular complexity index is 1310.